The third kappa shape index (κ3) is 13.2. The molecule has 0 fully saturated rings. The fraction of sp³-hybridized carbons (Fsp3) is 0.304. The number of pyridine rings is 1. The largest absolute Gasteiger partial charge is 0.508 e. The van der Waals surface area contributed by atoms with E-state index >= 15 is 0 Å². The molecule has 0 aliphatic carbocycles. The lowest BCUT2D eigenvalue weighted by atomic mass is 10.0. The number of primary amides is 2. The Labute approximate surface area is 374 Å². The second kappa shape index (κ2) is 22.6. The van der Waals surface area contributed by atoms with Crippen LogP contribution in [0.25, 0.3) is 21.8 Å². The Kier molecular flexibility index (Phi) is 16.9. The number of carbonyl (C=O) groups is 7. The van der Waals surface area contributed by atoms with Gasteiger partial charge in [-0.05, 0) is 66.4 Å². The lowest BCUT2D eigenvalue weighted by molar-refractivity contribution is -0.132. The average Bonchev–Trinajstić information content (AvgIpc) is 3.28. The first kappa shape index (κ1) is 48.4. The summed E-state index contributed by atoms with van der Waals surface area (Å²) in [6, 6.07) is 20.7. The SMILES string of the molecule is CC(C)[C@H](NC(=O)c1cccc2c(Nc3ccc(CNC(=O)[C@H](CO)NC(=O)[C@H](Cc4ccc(O)cc4)NC(=O)CCCN)cc3)c3ccccc3nc12)C(=O)N[C@@H](CC(N)=O)C(N)=O. The molecule has 65 heavy (non-hydrogen) atoms. The van der Waals surface area contributed by atoms with Crippen molar-refractivity contribution in [3.8, 4) is 5.75 Å². The first-order chi connectivity index (χ1) is 31.1. The molecule has 5 aromatic rings. The third-order valence-corrected chi connectivity index (χ3v) is 10.4. The number of benzene rings is 4. The van der Waals surface area contributed by atoms with Crippen LogP contribution in [0.15, 0.2) is 91.0 Å². The number of anilines is 2. The Morgan fingerprint density at radius 1 is 0.708 bits per heavy atom. The summed E-state index contributed by atoms with van der Waals surface area (Å²) in [7, 11) is 0. The average molecular weight is 891 g/mol. The highest BCUT2D eigenvalue weighted by Crippen LogP contribution is 2.34. The number of nitrogens with one attached hydrogen (secondary N) is 6. The van der Waals surface area contributed by atoms with Gasteiger partial charge < -0.3 is 59.3 Å². The summed E-state index contributed by atoms with van der Waals surface area (Å²) in [5.74, 6) is -5.29. The predicted molar refractivity (Wildman–Crippen MR) is 243 cm³/mol. The fourth-order valence-electron chi connectivity index (χ4n) is 6.91. The lowest BCUT2D eigenvalue weighted by Crippen LogP contribution is -2.55. The number of phenols is 1. The van der Waals surface area contributed by atoms with E-state index in [0.29, 0.717) is 45.3 Å². The number of rotatable bonds is 22. The molecule has 342 valence electrons. The third-order valence-electron chi connectivity index (χ3n) is 10.4. The summed E-state index contributed by atoms with van der Waals surface area (Å²) in [5.41, 5.74) is 19.8. The molecule has 19 nitrogen and oxygen atoms in total. The van der Waals surface area contributed by atoms with Gasteiger partial charge in [0.05, 0.1) is 35.3 Å². The normalized spacial score (nSPS) is 12.9. The number of aromatic hydroxyl groups is 1. The number of nitrogens with two attached hydrogens (primary N) is 3. The molecular formula is C46H54N10O9. The Hall–Kier alpha value is -7.64. The van der Waals surface area contributed by atoms with Crippen molar-refractivity contribution in [1.29, 1.82) is 0 Å². The Morgan fingerprint density at radius 2 is 1.37 bits per heavy atom. The summed E-state index contributed by atoms with van der Waals surface area (Å²) in [6.45, 7) is 3.02. The molecule has 0 saturated heterocycles. The number of nitrogens with zero attached hydrogens (tertiary/aromatic N) is 1. The monoisotopic (exact) mass is 890 g/mol. The number of hydrogen-bond donors (Lipinski definition) is 11. The number of para-hydroxylation sites is 2. The second-order valence-electron chi connectivity index (χ2n) is 15.7. The number of carbonyl (C=O) groups excluding carboxylic acids is 7. The maximum atomic E-state index is 13.9. The molecule has 5 rings (SSSR count). The van der Waals surface area contributed by atoms with E-state index in [9.17, 15) is 43.8 Å². The van der Waals surface area contributed by atoms with Crippen molar-refractivity contribution < 1.29 is 43.8 Å². The molecule has 19 heteroatoms. The summed E-state index contributed by atoms with van der Waals surface area (Å²) in [5, 5.41) is 37.6. The highest BCUT2D eigenvalue weighted by atomic mass is 16.3. The minimum absolute atomic E-state index is 0.0332. The topological polar surface area (TPSA) is 323 Å². The van der Waals surface area contributed by atoms with Gasteiger partial charge in [-0.3, -0.25) is 33.6 Å². The van der Waals surface area contributed by atoms with Gasteiger partial charge in [0.25, 0.3) is 5.91 Å². The van der Waals surface area contributed by atoms with E-state index < -0.39 is 84.5 Å². The standard InChI is InChI=1S/C46H54N10O9/c1-25(2)39(46(65)54-34(42(49)61)22-37(48)59)56-43(62)32-9-5-8-31-40(30-7-3-4-10-33(30)53-41(31)32)51-28-16-12-27(13-17-28)23-50-44(63)36(24-57)55-45(64)35(52-38(60)11-6-20-47)21-26-14-18-29(58)19-15-26/h3-5,7-10,12-19,25,34-36,39,57-58H,6,11,20-24,47H2,1-2H3,(H2,48,59)(H2,49,61)(H,50,63)(H,51,53)(H,52,60)(H,54,65)(H,55,64)(H,56,62)/t34-,35-,36-,39-/m0/s1. The van der Waals surface area contributed by atoms with Crippen LogP contribution in [0.4, 0.5) is 11.4 Å². The van der Waals surface area contributed by atoms with Crippen molar-refractivity contribution in [2.75, 3.05) is 18.5 Å². The fourth-order valence-corrected chi connectivity index (χ4v) is 6.91. The van der Waals surface area contributed by atoms with Gasteiger partial charge in [-0.25, -0.2) is 4.98 Å². The van der Waals surface area contributed by atoms with Crippen LogP contribution in [0.1, 0.15) is 54.6 Å². The molecule has 0 aliphatic rings. The van der Waals surface area contributed by atoms with Gasteiger partial charge in [-0.1, -0.05) is 68.4 Å². The van der Waals surface area contributed by atoms with Crippen molar-refractivity contribution in [3.63, 3.8) is 0 Å². The molecule has 0 bridgehead atoms. The zero-order chi connectivity index (χ0) is 47.2. The van der Waals surface area contributed by atoms with E-state index in [-0.39, 0.29) is 37.2 Å². The number of hydrogen-bond acceptors (Lipinski definition) is 12. The van der Waals surface area contributed by atoms with Crippen molar-refractivity contribution in [2.45, 2.75) is 70.2 Å². The van der Waals surface area contributed by atoms with E-state index in [1.807, 2.05) is 18.2 Å². The molecule has 1 aromatic heterocycles. The molecule has 4 aromatic carbocycles. The number of aromatic nitrogens is 1. The minimum atomic E-state index is -1.36. The maximum absolute atomic E-state index is 13.9. The number of fused-ring (bicyclic) bond motifs is 2. The van der Waals surface area contributed by atoms with Crippen LogP contribution in [0.3, 0.4) is 0 Å². The van der Waals surface area contributed by atoms with Crippen molar-refractivity contribution >= 4 is 74.5 Å². The maximum Gasteiger partial charge on any atom is 0.254 e. The highest BCUT2D eigenvalue weighted by molar-refractivity contribution is 6.15. The molecule has 14 N–H and O–H groups in total. The van der Waals surface area contributed by atoms with Gasteiger partial charge in [-0.15, -0.1) is 0 Å². The van der Waals surface area contributed by atoms with Crippen LogP contribution in [-0.2, 0) is 41.7 Å². The Balaban J connectivity index is 1.29. The molecule has 1 heterocycles. The first-order valence-electron chi connectivity index (χ1n) is 20.9. The number of amides is 7. The first-order valence-corrected chi connectivity index (χ1v) is 20.9. The van der Waals surface area contributed by atoms with Crippen LogP contribution in [-0.4, -0.2) is 93.9 Å². The Bertz CT molecular complexity index is 2530. The van der Waals surface area contributed by atoms with Gasteiger partial charge in [0.2, 0.25) is 35.4 Å². The summed E-state index contributed by atoms with van der Waals surface area (Å²) in [4.78, 5) is 94.5. The van der Waals surface area contributed by atoms with E-state index in [4.69, 9.17) is 22.2 Å². The summed E-state index contributed by atoms with van der Waals surface area (Å²) >= 11 is 0. The second-order valence-corrected chi connectivity index (χ2v) is 15.7. The predicted octanol–water partition coefficient (Wildman–Crippen LogP) is 0.997. The number of aliphatic hydroxyl groups excluding tert-OH is 1. The minimum Gasteiger partial charge on any atom is -0.508 e. The van der Waals surface area contributed by atoms with Crippen molar-refractivity contribution in [1.82, 2.24) is 31.6 Å². The van der Waals surface area contributed by atoms with Crippen LogP contribution >= 0.6 is 0 Å². The van der Waals surface area contributed by atoms with Gasteiger partial charge in [0.15, 0.2) is 0 Å². The summed E-state index contributed by atoms with van der Waals surface area (Å²) in [6.07, 6.45) is 0.0568. The van der Waals surface area contributed by atoms with Gasteiger partial charge in [-0.2, -0.15) is 0 Å². The van der Waals surface area contributed by atoms with Crippen LogP contribution in [0.2, 0.25) is 0 Å². The molecular weight excluding hydrogens is 837 g/mol. The van der Waals surface area contributed by atoms with Crippen LogP contribution in [0, 0.1) is 5.92 Å². The lowest BCUT2D eigenvalue weighted by Gasteiger charge is -2.24. The van der Waals surface area contributed by atoms with Crippen LogP contribution in [0.5, 0.6) is 5.75 Å². The zero-order valence-corrected chi connectivity index (χ0v) is 35.9. The van der Waals surface area contributed by atoms with E-state index in [1.54, 1.807) is 74.5 Å². The molecule has 0 radical (unpaired) electrons. The molecule has 4 atom stereocenters. The van der Waals surface area contributed by atoms with E-state index in [1.165, 1.54) is 12.1 Å². The molecule has 0 saturated carbocycles. The summed E-state index contributed by atoms with van der Waals surface area (Å²) < 4.78 is 0. The molecule has 0 spiro atoms. The smallest absolute Gasteiger partial charge is 0.254 e. The highest BCUT2D eigenvalue weighted by Gasteiger charge is 2.30. The number of aliphatic hydroxyl groups is 1. The van der Waals surface area contributed by atoms with Crippen LogP contribution < -0.4 is 49.1 Å². The molecule has 7 amide bonds. The molecule has 0 aliphatic heterocycles. The van der Waals surface area contributed by atoms with Gasteiger partial charge >= 0.3 is 0 Å². The Morgan fingerprint density at radius 3 is 2.02 bits per heavy atom. The zero-order valence-electron chi connectivity index (χ0n) is 35.9. The quantitative estimate of drug-likeness (QED) is 0.0434. The number of phenolic OH excluding ortho intramolecular Hbond substituents is 1. The molecule has 0 unspecified atom stereocenters. The van der Waals surface area contributed by atoms with Crippen molar-refractivity contribution in [3.05, 3.63) is 108 Å². The van der Waals surface area contributed by atoms with E-state index in [2.05, 4.69) is 31.9 Å². The van der Waals surface area contributed by atoms with Gasteiger partial charge in [0, 0.05) is 35.8 Å². The van der Waals surface area contributed by atoms with Gasteiger partial charge in [0.1, 0.15) is 29.9 Å². The van der Waals surface area contributed by atoms with Crippen molar-refractivity contribution in [2.24, 2.45) is 23.1 Å². The van der Waals surface area contributed by atoms with E-state index in [0.717, 1.165) is 5.39 Å².